The van der Waals surface area contributed by atoms with E-state index in [1.165, 1.54) is 0 Å². The summed E-state index contributed by atoms with van der Waals surface area (Å²) >= 11 is 5.44. The molecule has 0 radical (unpaired) electrons. The summed E-state index contributed by atoms with van der Waals surface area (Å²) in [7, 11) is 2.06. The van der Waals surface area contributed by atoms with Crippen molar-refractivity contribution < 1.29 is 4.79 Å². The molecule has 1 aromatic rings. The van der Waals surface area contributed by atoms with Crippen LogP contribution in [0, 0.1) is 0 Å². The van der Waals surface area contributed by atoms with Crippen molar-refractivity contribution in [3.05, 3.63) is 24.0 Å². The molecule has 8 heteroatoms. The molecule has 3 rings (SSSR count). The zero-order valence-electron chi connectivity index (χ0n) is 14.0. The molecule has 1 aromatic heterocycles. The number of rotatable bonds is 1. The number of amides is 1. The SMILES string of the molecule is CC(=O)N1CCN(C(=S)N/N=C2/CCN(C)c3cccnc32)CC1. The van der Waals surface area contributed by atoms with Gasteiger partial charge in [0.1, 0.15) is 5.69 Å². The Morgan fingerprint density at radius 1 is 1.25 bits per heavy atom. The Hall–Kier alpha value is -2.22. The number of fused-ring (bicyclic) bond motifs is 1. The Morgan fingerprint density at radius 3 is 2.67 bits per heavy atom. The van der Waals surface area contributed by atoms with Crippen LogP contribution in [0.4, 0.5) is 5.69 Å². The maximum Gasteiger partial charge on any atom is 0.219 e. The Balaban J connectivity index is 1.63. The van der Waals surface area contributed by atoms with E-state index in [1.54, 1.807) is 13.1 Å². The Labute approximate surface area is 147 Å². The van der Waals surface area contributed by atoms with Gasteiger partial charge in [0, 0.05) is 59.3 Å². The van der Waals surface area contributed by atoms with Crippen molar-refractivity contribution in [2.75, 3.05) is 44.7 Å². The fourth-order valence-corrected chi connectivity index (χ4v) is 3.19. The third kappa shape index (κ3) is 3.48. The quantitative estimate of drug-likeness (QED) is 0.595. The number of anilines is 1. The second-order valence-electron chi connectivity index (χ2n) is 6.01. The fourth-order valence-electron chi connectivity index (χ4n) is 2.96. The molecule has 0 aliphatic carbocycles. The fraction of sp³-hybridized carbons (Fsp3) is 0.500. The first-order valence-corrected chi connectivity index (χ1v) is 8.50. The number of pyridine rings is 1. The number of thiocarbonyl (C=S) groups is 1. The molecule has 24 heavy (non-hydrogen) atoms. The van der Waals surface area contributed by atoms with Gasteiger partial charge in [0.15, 0.2) is 5.11 Å². The molecule has 0 aromatic carbocycles. The minimum absolute atomic E-state index is 0.114. The van der Waals surface area contributed by atoms with Gasteiger partial charge in [0.05, 0.1) is 11.4 Å². The smallest absolute Gasteiger partial charge is 0.219 e. The summed E-state index contributed by atoms with van der Waals surface area (Å²) in [6.07, 6.45) is 2.61. The molecule has 0 spiro atoms. The minimum atomic E-state index is 0.114. The van der Waals surface area contributed by atoms with Crippen LogP contribution in [0.1, 0.15) is 19.0 Å². The van der Waals surface area contributed by atoms with E-state index in [9.17, 15) is 4.79 Å². The molecule has 2 aliphatic heterocycles. The van der Waals surface area contributed by atoms with Gasteiger partial charge in [-0.3, -0.25) is 15.2 Å². The van der Waals surface area contributed by atoms with Crippen molar-refractivity contribution in [3.63, 3.8) is 0 Å². The molecule has 3 heterocycles. The lowest BCUT2D eigenvalue weighted by molar-refractivity contribution is -0.130. The number of piperazine rings is 1. The number of hydrogen-bond acceptors (Lipinski definition) is 5. The number of nitrogens with one attached hydrogen (secondary N) is 1. The maximum atomic E-state index is 11.4. The standard InChI is InChI=1S/C16H22N6OS/c1-12(23)21-8-10-22(11-9-21)16(24)19-18-13-5-7-20(2)14-4-3-6-17-15(13)14/h3-4,6H,5,7-11H2,1-2H3,(H,19,24)/b18-13-. The summed E-state index contributed by atoms with van der Waals surface area (Å²) in [5.41, 5.74) is 5.92. The van der Waals surface area contributed by atoms with Gasteiger partial charge in [0.25, 0.3) is 0 Å². The van der Waals surface area contributed by atoms with E-state index in [4.69, 9.17) is 12.2 Å². The number of carbonyl (C=O) groups excluding carboxylic acids is 1. The lowest BCUT2D eigenvalue weighted by atomic mass is 10.1. The highest BCUT2D eigenvalue weighted by molar-refractivity contribution is 7.80. The molecule has 0 atom stereocenters. The third-order valence-corrected chi connectivity index (χ3v) is 4.80. The second kappa shape index (κ2) is 7.12. The lowest BCUT2D eigenvalue weighted by Gasteiger charge is -2.35. The number of hydrogen-bond donors (Lipinski definition) is 1. The molecule has 2 aliphatic rings. The Bertz CT molecular complexity index is 668. The van der Waals surface area contributed by atoms with E-state index in [-0.39, 0.29) is 5.91 Å². The minimum Gasteiger partial charge on any atom is -0.372 e. The highest BCUT2D eigenvalue weighted by Gasteiger charge is 2.22. The predicted octanol–water partition coefficient (Wildman–Crippen LogP) is 0.664. The van der Waals surface area contributed by atoms with E-state index in [0.717, 1.165) is 43.1 Å². The summed E-state index contributed by atoms with van der Waals surface area (Å²) in [4.78, 5) is 21.9. The average Bonchev–Trinajstić information content (AvgIpc) is 2.61. The first-order valence-electron chi connectivity index (χ1n) is 8.10. The first-order chi connectivity index (χ1) is 11.6. The van der Waals surface area contributed by atoms with Gasteiger partial charge in [-0.1, -0.05) is 0 Å². The van der Waals surface area contributed by atoms with Crippen LogP contribution >= 0.6 is 12.2 Å². The average molecular weight is 346 g/mol. The Morgan fingerprint density at radius 2 is 1.96 bits per heavy atom. The Kier molecular flexibility index (Phi) is 4.94. The summed E-state index contributed by atoms with van der Waals surface area (Å²) in [5, 5.41) is 5.10. The van der Waals surface area contributed by atoms with E-state index < -0.39 is 0 Å². The van der Waals surface area contributed by atoms with E-state index in [0.29, 0.717) is 18.2 Å². The maximum absolute atomic E-state index is 11.4. The monoisotopic (exact) mass is 346 g/mol. The molecule has 0 saturated carbocycles. The number of carbonyl (C=O) groups is 1. The van der Waals surface area contributed by atoms with Gasteiger partial charge in [-0.15, -0.1) is 0 Å². The highest BCUT2D eigenvalue weighted by Crippen LogP contribution is 2.23. The van der Waals surface area contributed by atoms with Gasteiger partial charge in [-0.2, -0.15) is 5.10 Å². The van der Waals surface area contributed by atoms with Crippen LogP contribution in [0.25, 0.3) is 0 Å². The van der Waals surface area contributed by atoms with Crippen molar-refractivity contribution in [1.82, 2.24) is 20.2 Å². The number of aromatic nitrogens is 1. The van der Waals surface area contributed by atoms with Gasteiger partial charge in [-0.25, -0.2) is 0 Å². The van der Waals surface area contributed by atoms with E-state index >= 15 is 0 Å². The number of nitrogens with zero attached hydrogens (tertiary/aromatic N) is 5. The summed E-state index contributed by atoms with van der Waals surface area (Å²) in [6.45, 7) is 5.36. The van der Waals surface area contributed by atoms with Crippen molar-refractivity contribution in [2.24, 2.45) is 5.10 Å². The van der Waals surface area contributed by atoms with Crippen LogP contribution in [-0.4, -0.2) is 71.3 Å². The molecular formula is C16H22N6OS. The first kappa shape index (κ1) is 16.6. The molecule has 7 nitrogen and oxygen atoms in total. The van der Waals surface area contributed by atoms with Gasteiger partial charge < -0.3 is 14.7 Å². The topological polar surface area (TPSA) is 64.1 Å². The lowest BCUT2D eigenvalue weighted by Crippen LogP contribution is -2.52. The normalized spacial score (nSPS) is 19.2. The van der Waals surface area contributed by atoms with Crippen molar-refractivity contribution >= 4 is 34.6 Å². The zero-order valence-corrected chi connectivity index (χ0v) is 14.8. The van der Waals surface area contributed by atoms with Crippen LogP contribution in [0.2, 0.25) is 0 Å². The molecule has 0 unspecified atom stereocenters. The van der Waals surface area contributed by atoms with Gasteiger partial charge in [0.2, 0.25) is 5.91 Å². The van der Waals surface area contributed by atoms with Crippen LogP contribution in [0.3, 0.4) is 0 Å². The van der Waals surface area contributed by atoms with Gasteiger partial charge >= 0.3 is 0 Å². The van der Waals surface area contributed by atoms with Crippen molar-refractivity contribution in [1.29, 1.82) is 0 Å². The molecule has 1 N–H and O–H groups in total. The number of hydrazone groups is 1. The second-order valence-corrected chi connectivity index (χ2v) is 6.40. The van der Waals surface area contributed by atoms with E-state index in [1.807, 2.05) is 15.9 Å². The molecule has 128 valence electrons. The molecule has 1 amide bonds. The molecular weight excluding hydrogens is 324 g/mol. The largest absolute Gasteiger partial charge is 0.372 e. The molecule has 1 fully saturated rings. The molecule has 0 bridgehead atoms. The highest BCUT2D eigenvalue weighted by atomic mass is 32.1. The summed E-state index contributed by atoms with van der Waals surface area (Å²) in [5.74, 6) is 0.114. The predicted molar refractivity (Wildman–Crippen MR) is 98.2 cm³/mol. The third-order valence-electron chi connectivity index (χ3n) is 4.45. The van der Waals surface area contributed by atoms with E-state index in [2.05, 4.69) is 33.5 Å². The van der Waals surface area contributed by atoms with Crippen LogP contribution < -0.4 is 10.3 Å². The van der Waals surface area contributed by atoms with Gasteiger partial charge in [-0.05, 0) is 24.4 Å². The van der Waals surface area contributed by atoms with Crippen LogP contribution in [-0.2, 0) is 4.79 Å². The van der Waals surface area contributed by atoms with Crippen LogP contribution in [0.15, 0.2) is 23.4 Å². The van der Waals surface area contributed by atoms with Crippen molar-refractivity contribution in [2.45, 2.75) is 13.3 Å². The van der Waals surface area contributed by atoms with Crippen molar-refractivity contribution in [3.8, 4) is 0 Å². The summed E-state index contributed by atoms with van der Waals surface area (Å²) in [6, 6.07) is 3.99. The van der Waals surface area contributed by atoms with Crippen LogP contribution in [0.5, 0.6) is 0 Å². The molecule has 1 saturated heterocycles. The zero-order chi connectivity index (χ0) is 17.1. The summed E-state index contributed by atoms with van der Waals surface area (Å²) < 4.78 is 0.